The van der Waals surface area contributed by atoms with Crippen LogP contribution in [0.15, 0.2) is 22.7 Å². The molecule has 0 aliphatic carbocycles. The maximum absolute atomic E-state index is 13.1. The Bertz CT molecular complexity index is 378. The second-order valence-electron chi connectivity index (χ2n) is 4.37. The molecule has 0 atom stereocenters. The summed E-state index contributed by atoms with van der Waals surface area (Å²) in [6.07, 6.45) is 0.673. The van der Waals surface area contributed by atoms with Gasteiger partial charge in [-0.15, -0.1) is 0 Å². The zero-order valence-corrected chi connectivity index (χ0v) is 11.5. The number of piperidine rings is 1. The largest absolute Gasteiger partial charge is 0.496 e. The highest BCUT2D eigenvalue weighted by Gasteiger charge is 2.20. The third kappa shape index (κ3) is 3.19. The van der Waals surface area contributed by atoms with Crippen molar-refractivity contribution >= 4 is 15.9 Å². The maximum atomic E-state index is 13.1. The van der Waals surface area contributed by atoms with Crippen molar-refractivity contribution in [3.63, 3.8) is 0 Å². The lowest BCUT2D eigenvalue weighted by Crippen LogP contribution is -2.34. The Morgan fingerprint density at radius 2 is 2.12 bits per heavy atom. The lowest BCUT2D eigenvalue weighted by Gasteiger charge is -2.29. The predicted octanol–water partition coefficient (Wildman–Crippen LogP) is 3.39. The summed E-state index contributed by atoms with van der Waals surface area (Å²) in [6, 6.07) is 5.93. The van der Waals surface area contributed by atoms with Gasteiger partial charge in [0.2, 0.25) is 0 Å². The van der Waals surface area contributed by atoms with Gasteiger partial charge in [-0.1, -0.05) is 22.0 Å². The number of alkyl halides is 1. The Morgan fingerprint density at radius 3 is 2.76 bits per heavy atom. The van der Waals surface area contributed by atoms with E-state index in [1.807, 2.05) is 18.2 Å². The molecule has 0 radical (unpaired) electrons. The van der Waals surface area contributed by atoms with E-state index < -0.39 is 6.17 Å². The predicted molar refractivity (Wildman–Crippen MR) is 70.1 cm³/mol. The van der Waals surface area contributed by atoms with E-state index in [9.17, 15) is 4.39 Å². The van der Waals surface area contributed by atoms with Crippen molar-refractivity contribution in [1.82, 2.24) is 4.90 Å². The molecule has 17 heavy (non-hydrogen) atoms. The van der Waals surface area contributed by atoms with Gasteiger partial charge in [-0.05, 0) is 25.0 Å². The summed E-state index contributed by atoms with van der Waals surface area (Å²) in [6.45, 7) is 2.47. The van der Waals surface area contributed by atoms with Gasteiger partial charge in [0.25, 0.3) is 0 Å². The van der Waals surface area contributed by atoms with Crippen LogP contribution in [0.1, 0.15) is 18.4 Å². The topological polar surface area (TPSA) is 12.5 Å². The molecule has 1 saturated heterocycles. The molecule has 1 heterocycles. The second kappa shape index (κ2) is 5.83. The van der Waals surface area contributed by atoms with Gasteiger partial charge < -0.3 is 4.74 Å². The molecular formula is C13H17BrFNO. The van der Waals surface area contributed by atoms with E-state index in [4.69, 9.17) is 4.74 Å². The summed E-state index contributed by atoms with van der Waals surface area (Å²) in [7, 11) is 1.68. The third-order valence-electron chi connectivity index (χ3n) is 3.19. The summed E-state index contributed by atoms with van der Waals surface area (Å²) >= 11 is 3.55. The molecule has 2 rings (SSSR count). The first kappa shape index (κ1) is 12.8. The van der Waals surface area contributed by atoms with Crippen molar-refractivity contribution in [3.05, 3.63) is 28.2 Å². The van der Waals surface area contributed by atoms with E-state index in [2.05, 4.69) is 20.8 Å². The number of benzene rings is 1. The minimum atomic E-state index is -0.618. The second-order valence-corrected chi connectivity index (χ2v) is 5.23. The van der Waals surface area contributed by atoms with Crippen LogP contribution in [0.4, 0.5) is 4.39 Å². The van der Waals surface area contributed by atoms with Crippen LogP contribution in [0, 0.1) is 0 Å². The van der Waals surface area contributed by atoms with Gasteiger partial charge in [-0.3, -0.25) is 4.90 Å². The van der Waals surface area contributed by atoms with E-state index in [1.165, 1.54) is 0 Å². The fraction of sp³-hybridized carbons (Fsp3) is 0.538. The standard InChI is InChI=1S/C13H17BrFNO/c1-17-13-4-2-3-12(14)11(13)9-16-7-5-10(15)6-8-16/h2-4,10H,5-9H2,1H3. The SMILES string of the molecule is COc1cccc(Br)c1CN1CCC(F)CC1. The minimum absolute atomic E-state index is 0.618. The number of likely N-dealkylation sites (tertiary alicyclic amines) is 1. The smallest absolute Gasteiger partial charge is 0.124 e. The average Bonchev–Trinajstić information content (AvgIpc) is 2.34. The number of ether oxygens (including phenoxy) is 1. The molecule has 0 bridgehead atoms. The van der Waals surface area contributed by atoms with Gasteiger partial charge in [0.05, 0.1) is 7.11 Å². The first-order valence-electron chi connectivity index (χ1n) is 5.88. The van der Waals surface area contributed by atoms with Crippen LogP contribution in [0.2, 0.25) is 0 Å². The molecule has 0 unspecified atom stereocenters. The van der Waals surface area contributed by atoms with E-state index >= 15 is 0 Å². The van der Waals surface area contributed by atoms with Crippen LogP contribution in [0.3, 0.4) is 0 Å². The number of halogens is 2. The van der Waals surface area contributed by atoms with Crippen molar-refractivity contribution < 1.29 is 9.13 Å². The maximum Gasteiger partial charge on any atom is 0.124 e. The Balaban J connectivity index is 2.07. The van der Waals surface area contributed by atoms with Crippen LogP contribution in [0.25, 0.3) is 0 Å². The van der Waals surface area contributed by atoms with Crippen molar-refractivity contribution in [3.8, 4) is 5.75 Å². The minimum Gasteiger partial charge on any atom is -0.496 e. The summed E-state index contributed by atoms with van der Waals surface area (Å²) in [5, 5.41) is 0. The average molecular weight is 302 g/mol. The van der Waals surface area contributed by atoms with Crippen molar-refractivity contribution in [1.29, 1.82) is 0 Å². The molecule has 0 amide bonds. The van der Waals surface area contributed by atoms with Gasteiger partial charge in [-0.25, -0.2) is 4.39 Å². The van der Waals surface area contributed by atoms with Crippen molar-refractivity contribution in [2.75, 3.05) is 20.2 Å². The molecule has 0 N–H and O–H groups in total. The van der Waals surface area contributed by atoms with E-state index in [0.29, 0.717) is 12.8 Å². The van der Waals surface area contributed by atoms with Gasteiger partial charge in [0, 0.05) is 29.7 Å². The zero-order valence-electron chi connectivity index (χ0n) is 9.96. The molecule has 1 aliphatic rings. The Morgan fingerprint density at radius 1 is 1.41 bits per heavy atom. The van der Waals surface area contributed by atoms with Crippen LogP contribution in [-0.4, -0.2) is 31.3 Å². The molecule has 94 valence electrons. The van der Waals surface area contributed by atoms with Crippen molar-refractivity contribution in [2.45, 2.75) is 25.6 Å². The molecule has 0 saturated carbocycles. The van der Waals surface area contributed by atoms with E-state index in [1.54, 1.807) is 7.11 Å². The molecule has 2 nitrogen and oxygen atoms in total. The van der Waals surface area contributed by atoms with Crippen molar-refractivity contribution in [2.24, 2.45) is 0 Å². The first-order valence-corrected chi connectivity index (χ1v) is 6.68. The lowest BCUT2D eigenvalue weighted by atomic mass is 10.1. The number of methoxy groups -OCH3 is 1. The molecular weight excluding hydrogens is 285 g/mol. The lowest BCUT2D eigenvalue weighted by molar-refractivity contribution is 0.144. The van der Waals surface area contributed by atoms with Gasteiger partial charge in [0.15, 0.2) is 0 Å². The highest BCUT2D eigenvalue weighted by molar-refractivity contribution is 9.10. The molecule has 1 aromatic rings. The molecule has 1 aromatic carbocycles. The first-order chi connectivity index (χ1) is 8.20. The van der Waals surface area contributed by atoms with Crippen LogP contribution in [-0.2, 0) is 6.54 Å². The van der Waals surface area contributed by atoms with Gasteiger partial charge in [0.1, 0.15) is 11.9 Å². The van der Waals surface area contributed by atoms with Crippen LogP contribution in [0.5, 0.6) is 5.75 Å². The Hall–Kier alpha value is -0.610. The van der Waals surface area contributed by atoms with E-state index in [0.717, 1.165) is 35.4 Å². The van der Waals surface area contributed by atoms with Crippen LogP contribution < -0.4 is 4.74 Å². The fourth-order valence-electron chi connectivity index (χ4n) is 2.17. The van der Waals surface area contributed by atoms with Gasteiger partial charge in [-0.2, -0.15) is 0 Å². The summed E-state index contributed by atoms with van der Waals surface area (Å²) in [4.78, 5) is 2.28. The number of hydrogen-bond acceptors (Lipinski definition) is 2. The van der Waals surface area contributed by atoms with E-state index in [-0.39, 0.29) is 0 Å². The zero-order chi connectivity index (χ0) is 12.3. The molecule has 1 fully saturated rings. The normalized spacial score (nSPS) is 18.3. The monoisotopic (exact) mass is 301 g/mol. The highest BCUT2D eigenvalue weighted by Crippen LogP contribution is 2.29. The number of hydrogen-bond donors (Lipinski definition) is 0. The summed E-state index contributed by atoms with van der Waals surface area (Å²) in [5.41, 5.74) is 1.15. The highest BCUT2D eigenvalue weighted by atomic mass is 79.9. The Labute approximate surface area is 110 Å². The molecule has 1 aliphatic heterocycles. The summed E-state index contributed by atoms with van der Waals surface area (Å²) < 4.78 is 19.5. The van der Waals surface area contributed by atoms with Crippen LogP contribution >= 0.6 is 15.9 Å². The number of nitrogens with zero attached hydrogens (tertiary/aromatic N) is 1. The molecule has 4 heteroatoms. The quantitative estimate of drug-likeness (QED) is 0.848. The Kier molecular flexibility index (Phi) is 4.40. The number of rotatable bonds is 3. The molecule has 0 spiro atoms. The summed E-state index contributed by atoms with van der Waals surface area (Å²) in [5.74, 6) is 0.891. The molecule has 0 aromatic heterocycles. The van der Waals surface area contributed by atoms with Gasteiger partial charge >= 0.3 is 0 Å². The third-order valence-corrected chi connectivity index (χ3v) is 3.94. The fourth-order valence-corrected chi connectivity index (χ4v) is 2.64.